The third kappa shape index (κ3) is 6.82. The number of carbonyl (C=O) groups excluding carboxylic acids is 1. The molecule has 1 aliphatic rings. The highest BCUT2D eigenvalue weighted by atomic mass is 16.5. The molecule has 6 nitrogen and oxygen atoms in total. The number of benzene rings is 2. The first-order valence-corrected chi connectivity index (χ1v) is 10.9. The van der Waals surface area contributed by atoms with Gasteiger partial charge >= 0.3 is 12.0 Å². The maximum atomic E-state index is 13.0. The summed E-state index contributed by atoms with van der Waals surface area (Å²) in [6.45, 7) is 0.846. The highest BCUT2D eigenvalue weighted by molar-refractivity contribution is 5.75. The summed E-state index contributed by atoms with van der Waals surface area (Å²) < 4.78 is 5.28. The van der Waals surface area contributed by atoms with E-state index in [0.717, 1.165) is 36.8 Å². The number of carboxylic acid groups (broad SMARTS) is 1. The number of nitrogens with zero attached hydrogens (tertiary/aromatic N) is 1. The first-order valence-electron chi connectivity index (χ1n) is 10.9. The van der Waals surface area contributed by atoms with E-state index in [4.69, 9.17) is 9.84 Å². The molecule has 0 aliphatic heterocycles. The summed E-state index contributed by atoms with van der Waals surface area (Å²) in [5, 5.41) is 11.8. The van der Waals surface area contributed by atoms with Gasteiger partial charge in [-0.05, 0) is 42.2 Å². The molecule has 1 fully saturated rings. The average molecular weight is 425 g/mol. The molecule has 1 aliphatic carbocycles. The van der Waals surface area contributed by atoms with Gasteiger partial charge in [0, 0.05) is 13.6 Å². The van der Waals surface area contributed by atoms with Crippen LogP contribution in [0.15, 0.2) is 60.7 Å². The minimum absolute atomic E-state index is 0.0954. The summed E-state index contributed by atoms with van der Waals surface area (Å²) in [5.41, 5.74) is 2.14. The Morgan fingerprint density at radius 3 is 2.19 bits per heavy atom. The number of urea groups is 1. The van der Waals surface area contributed by atoms with Gasteiger partial charge < -0.3 is 20.1 Å². The maximum absolute atomic E-state index is 13.0. The molecule has 0 spiro atoms. The van der Waals surface area contributed by atoms with Crippen LogP contribution < -0.4 is 5.32 Å². The van der Waals surface area contributed by atoms with Crippen molar-refractivity contribution in [3.8, 4) is 0 Å². The Labute approximate surface area is 184 Å². The molecule has 0 radical (unpaired) electrons. The van der Waals surface area contributed by atoms with E-state index in [1.54, 1.807) is 4.90 Å². The van der Waals surface area contributed by atoms with Crippen molar-refractivity contribution in [3.05, 3.63) is 71.8 Å². The fourth-order valence-corrected chi connectivity index (χ4v) is 4.44. The predicted octanol–water partition coefficient (Wildman–Crippen LogP) is 4.33. The van der Waals surface area contributed by atoms with Gasteiger partial charge in [-0.2, -0.15) is 0 Å². The smallest absolute Gasteiger partial charge is 0.329 e. The lowest BCUT2D eigenvalue weighted by Crippen LogP contribution is -2.42. The van der Waals surface area contributed by atoms with Crippen LogP contribution in [0, 0.1) is 11.8 Å². The first kappa shape index (κ1) is 22.8. The Balaban J connectivity index is 1.57. The van der Waals surface area contributed by atoms with Gasteiger partial charge in [-0.25, -0.2) is 9.59 Å². The number of aliphatic carboxylic acids is 1. The molecule has 166 valence electrons. The Hall–Kier alpha value is -2.86. The fraction of sp³-hybridized carbons (Fsp3) is 0.440. The molecule has 0 saturated heterocycles. The van der Waals surface area contributed by atoms with Crippen LogP contribution in [0.25, 0.3) is 0 Å². The van der Waals surface area contributed by atoms with Crippen LogP contribution in [-0.2, 0) is 9.53 Å². The topological polar surface area (TPSA) is 78.9 Å². The Bertz CT molecular complexity index is 788. The number of ether oxygens (including phenoxy) is 1. The van der Waals surface area contributed by atoms with Crippen LogP contribution in [0.3, 0.4) is 0 Å². The second-order valence-corrected chi connectivity index (χ2v) is 8.33. The molecule has 2 aromatic carbocycles. The van der Waals surface area contributed by atoms with E-state index in [1.807, 2.05) is 67.7 Å². The van der Waals surface area contributed by atoms with Gasteiger partial charge in [-0.1, -0.05) is 67.1 Å². The second kappa shape index (κ2) is 11.5. The van der Waals surface area contributed by atoms with E-state index in [9.17, 15) is 9.59 Å². The summed E-state index contributed by atoms with van der Waals surface area (Å²) in [5.74, 6) is -0.195. The molecule has 0 aromatic heterocycles. The zero-order valence-corrected chi connectivity index (χ0v) is 18.1. The van der Waals surface area contributed by atoms with Gasteiger partial charge in [0.1, 0.15) is 6.61 Å². The monoisotopic (exact) mass is 424 g/mol. The molecule has 1 saturated carbocycles. The van der Waals surface area contributed by atoms with Gasteiger partial charge in [0.25, 0.3) is 0 Å². The van der Waals surface area contributed by atoms with Crippen molar-refractivity contribution in [2.45, 2.75) is 31.7 Å². The summed E-state index contributed by atoms with van der Waals surface area (Å²) in [4.78, 5) is 25.4. The van der Waals surface area contributed by atoms with E-state index in [1.165, 1.54) is 0 Å². The summed E-state index contributed by atoms with van der Waals surface area (Å²) >= 11 is 0. The van der Waals surface area contributed by atoms with Crippen LogP contribution in [0.4, 0.5) is 4.79 Å². The lowest BCUT2D eigenvalue weighted by atomic mass is 9.82. The van der Waals surface area contributed by atoms with Crippen LogP contribution >= 0.6 is 0 Å². The lowest BCUT2D eigenvalue weighted by molar-refractivity contribution is -0.142. The number of hydrogen-bond acceptors (Lipinski definition) is 3. The Morgan fingerprint density at radius 2 is 1.61 bits per heavy atom. The lowest BCUT2D eigenvalue weighted by Gasteiger charge is -2.32. The molecule has 2 unspecified atom stereocenters. The van der Waals surface area contributed by atoms with Crippen LogP contribution in [0.2, 0.25) is 0 Å². The standard InChI is InChI=1S/C25H32N2O4/c1-27(24(21-11-4-2-5-12-21)22-13-6-3-7-14-22)25(30)26-16-19-9-8-10-20(15-19)17-31-18-23(28)29/h2-7,11-14,19-20,24H,8-10,15-18H2,1H3,(H,26,30)(H,28,29). The van der Waals surface area contributed by atoms with Crippen molar-refractivity contribution < 1.29 is 19.4 Å². The van der Waals surface area contributed by atoms with Crippen LogP contribution in [-0.4, -0.2) is 48.8 Å². The molecule has 2 N–H and O–H groups in total. The number of carboxylic acids is 1. The van der Waals surface area contributed by atoms with Gasteiger partial charge in [0.05, 0.1) is 12.6 Å². The molecule has 6 heteroatoms. The molecule has 0 heterocycles. The Kier molecular flexibility index (Phi) is 8.47. The number of amides is 2. The maximum Gasteiger partial charge on any atom is 0.329 e. The SMILES string of the molecule is CN(C(=O)NCC1CCCC(COCC(=O)O)C1)C(c1ccccc1)c1ccccc1. The van der Waals surface area contributed by atoms with E-state index in [-0.39, 0.29) is 18.7 Å². The van der Waals surface area contributed by atoms with Gasteiger partial charge in [-0.15, -0.1) is 0 Å². The van der Waals surface area contributed by atoms with Gasteiger partial charge in [-0.3, -0.25) is 0 Å². The van der Waals surface area contributed by atoms with Crippen molar-refractivity contribution in [2.24, 2.45) is 11.8 Å². The zero-order valence-electron chi connectivity index (χ0n) is 18.1. The van der Waals surface area contributed by atoms with Crippen molar-refractivity contribution in [2.75, 3.05) is 26.8 Å². The van der Waals surface area contributed by atoms with Crippen LogP contribution in [0.1, 0.15) is 42.9 Å². The first-order chi connectivity index (χ1) is 15.0. The molecule has 3 rings (SSSR count). The Morgan fingerprint density at radius 1 is 1.03 bits per heavy atom. The van der Waals surface area contributed by atoms with E-state index in [2.05, 4.69) is 5.32 Å². The zero-order chi connectivity index (χ0) is 22.1. The molecule has 31 heavy (non-hydrogen) atoms. The third-order valence-electron chi connectivity index (χ3n) is 5.95. The molecule has 0 bridgehead atoms. The van der Waals surface area contributed by atoms with E-state index >= 15 is 0 Å². The van der Waals surface area contributed by atoms with Crippen molar-refractivity contribution in [3.63, 3.8) is 0 Å². The van der Waals surface area contributed by atoms with Gasteiger partial charge in [0.2, 0.25) is 0 Å². The summed E-state index contributed by atoms with van der Waals surface area (Å²) in [6, 6.07) is 19.8. The largest absolute Gasteiger partial charge is 0.480 e. The van der Waals surface area contributed by atoms with Crippen LogP contribution in [0.5, 0.6) is 0 Å². The molecular formula is C25H32N2O4. The third-order valence-corrected chi connectivity index (χ3v) is 5.95. The molecule has 2 aromatic rings. The highest BCUT2D eigenvalue weighted by Crippen LogP contribution is 2.30. The number of nitrogens with one attached hydrogen (secondary N) is 1. The number of rotatable bonds is 9. The van der Waals surface area contributed by atoms with Crippen molar-refractivity contribution >= 4 is 12.0 Å². The van der Waals surface area contributed by atoms with Crippen molar-refractivity contribution in [1.82, 2.24) is 10.2 Å². The molecular weight excluding hydrogens is 392 g/mol. The highest BCUT2D eigenvalue weighted by Gasteiger charge is 2.26. The normalized spacial score (nSPS) is 18.5. The average Bonchev–Trinajstić information content (AvgIpc) is 2.79. The quantitative estimate of drug-likeness (QED) is 0.628. The second-order valence-electron chi connectivity index (χ2n) is 8.33. The predicted molar refractivity (Wildman–Crippen MR) is 120 cm³/mol. The van der Waals surface area contributed by atoms with Crippen molar-refractivity contribution in [1.29, 1.82) is 0 Å². The minimum Gasteiger partial charge on any atom is -0.480 e. The summed E-state index contributed by atoms with van der Waals surface area (Å²) in [7, 11) is 1.84. The summed E-state index contributed by atoms with van der Waals surface area (Å²) in [6.07, 6.45) is 4.15. The van der Waals surface area contributed by atoms with E-state index < -0.39 is 5.97 Å². The van der Waals surface area contributed by atoms with Gasteiger partial charge in [0.15, 0.2) is 0 Å². The molecule has 2 amide bonds. The minimum atomic E-state index is -0.936. The van der Waals surface area contributed by atoms with E-state index in [0.29, 0.717) is 25.0 Å². The number of carbonyl (C=O) groups is 2. The fourth-order valence-electron chi connectivity index (χ4n) is 4.44. The molecule has 2 atom stereocenters. The number of hydrogen-bond donors (Lipinski definition) is 2.